The molecule has 1 N–H and O–H groups in total. The largest absolute Gasteiger partial charge is 0.306 e. The molecule has 0 bridgehead atoms. The third-order valence-electron chi connectivity index (χ3n) is 2.76. The van der Waals surface area contributed by atoms with E-state index in [2.05, 4.69) is 15.3 Å². The molecule has 0 spiro atoms. The highest BCUT2D eigenvalue weighted by molar-refractivity contribution is 7.98. The minimum absolute atomic E-state index is 0.00896. The molecule has 20 heavy (non-hydrogen) atoms. The third kappa shape index (κ3) is 3.09. The molecule has 0 fully saturated rings. The summed E-state index contributed by atoms with van der Waals surface area (Å²) < 4.78 is 0. The van der Waals surface area contributed by atoms with E-state index in [1.807, 2.05) is 17.8 Å². The lowest BCUT2D eigenvalue weighted by Gasteiger charge is -2.08. The monoisotopic (exact) mass is 345 g/mol. The van der Waals surface area contributed by atoms with Crippen LogP contribution in [0.15, 0.2) is 12.1 Å². The Kier molecular flexibility index (Phi) is 4.16. The quantitative estimate of drug-likeness (QED) is 0.662. The number of aryl methyl sites for hydroxylation is 1. The summed E-state index contributed by atoms with van der Waals surface area (Å²) in [5.41, 5.74) is 1.26. The Morgan fingerprint density at radius 2 is 2.15 bits per heavy atom. The number of thiophene rings is 1. The van der Waals surface area contributed by atoms with Crippen molar-refractivity contribution in [3.05, 3.63) is 37.9 Å². The maximum atomic E-state index is 12.2. The highest BCUT2D eigenvalue weighted by Gasteiger charge is 2.18. The normalized spacial score (nSPS) is 13.9. The summed E-state index contributed by atoms with van der Waals surface area (Å²) in [5, 5.41) is 2.90. The van der Waals surface area contributed by atoms with E-state index in [-0.39, 0.29) is 16.3 Å². The van der Waals surface area contributed by atoms with Gasteiger partial charge in [-0.15, -0.1) is 11.3 Å². The Hall–Kier alpha value is -0.820. The van der Waals surface area contributed by atoms with Gasteiger partial charge in [0.15, 0.2) is 0 Å². The van der Waals surface area contributed by atoms with E-state index in [0.29, 0.717) is 10.7 Å². The van der Waals surface area contributed by atoms with E-state index in [4.69, 9.17) is 23.2 Å². The van der Waals surface area contributed by atoms with Crippen LogP contribution in [0.5, 0.6) is 0 Å². The van der Waals surface area contributed by atoms with Crippen LogP contribution in [0.2, 0.25) is 10.4 Å². The summed E-state index contributed by atoms with van der Waals surface area (Å²) in [7, 11) is 0. The topological polar surface area (TPSA) is 54.9 Å². The van der Waals surface area contributed by atoms with E-state index in [0.717, 1.165) is 17.9 Å². The van der Waals surface area contributed by atoms with Crippen molar-refractivity contribution in [1.29, 1.82) is 0 Å². The van der Waals surface area contributed by atoms with Crippen LogP contribution < -0.4 is 5.32 Å². The summed E-state index contributed by atoms with van der Waals surface area (Å²) in [6.45, 7) is 0. The van der Waals surface area contributed by atoms with E-state index < -0.39 is 0 Å². The summed E-state index contributed by atoms with van der Waals surface area (Å²) >= 11 is 14.9. The fraction of sp³-hybridized carbons (Fsp3) is 0.250. The zero-order valence-corrected chi connectivity index (χ0v) is 13.3. The number of hydrogen-bond donors (Lipinski definition) is 1. The molecule has 0 saturated heterocycles. The molecule has 0 aliphatic carbocycles. The van der Waals surface area contributed by atoms with Gasteiger partial charge >= 0.3 is 0 Å². The van der Waals surface area contributed by atoms with Crippen LogP contribution in [-0.2, 0) is 12.2 Å². The molecule has 1 aliphatic heterocycles. The molecular weight excluding hydrogens is 337 g/mol. The molecule has 0 saturated carbocycles. The number of thioether (sulfide) groups is 1. The predicted octanol–water partition coefficient (Wildman–Crippen LogP) is 3.89. The lowest BCUT2D eigenvalue weighted by atomic mass is 10.2. The third-order valence-corrected chi connectivity index (χ3v) is 5.37. The lowest BCUT2D eigenvalue weighted by molar-refractivity contribution is 0.103. The lowest BCUT2D eigenvalue weighted by Crippen LogP contribution is -2.11. The molecule has 1 aliphatic rings. The van der Waals surface area contributed by atoms with Crippen molar-refractivity contribution in [2.45, 2.75) is 12.2 Å². The molecule has 1 amide bonds. The van der Waals surface area contributed by atoms with Gasteiger partial charge in [0, 0.05) is 16.7 Å². The Bertz CT molecular complexity index is 631. The fourth-order valence-electron chi connectivity index (χ4n) is 1.89. The van der Waals surface area contributed by atoms with Crippen molar-refractivity contribution in [2.24, 2.45) is 0 Å². The average Bonchev–Trinajstić information content (AvgIpc) is 2.81. The molecule has 104 valence electrons. The molecule has 3 heterocycles. The van der Waals surface area contributed by atoms with Crippen molar-refractivity contribution in [2.75, 3.05) is 11.1 Å². The minimum Gasteiger partial charge on any atom is -0.306 e. The SMILES string of the molecule is O=C(Nc1cc(Cl)nc(Cl)n1)c1cc2c(s1)CCSC2. The standard InChI is InChI=1S/C12H9Cl2N3OS2/c13-9-4-10(17-12(14)15-9)16-11(18)8-3-6-5-19-2-1-7(6)20-8/h3-4H,1-2,5H2,(H,15,16,17,18). The van der Waals surface area contributed by atoms with E-state index in [1.165, 1.54) is 27.8 Å². The number of carbonyl (C=O) groups excluding carboxylic acids is 1. The molecule has 2 aromatic rings. The van der Waals surface area contributed by atoms with Crippen LogP contribution in [0.3, 0.4) is 0 Å². The molecule has 4 nitrogen and oxygen atoms in total. The molecule has 0 radical (unpaired) electrons. The van der Waals surface area contributed by atoms with Crippen molar-refractivity contribution in [3.8, 4) is 0 Å². The Labute approximate surface area is 133 Å². The van der Waals surface area contributed by atoms with Crippen LogP contribution in [0.1, 0.15) is 20.1 Å². The first-order chi connectivity index (χ1) is 9.61. The number of carbonyl (C=O) groups is 1. The first-order valence-corrected chi connectivity index (χ1v) is 8.55. The van der Waals surface area contributed by atoms with Crippen LogP contribution in [0.4, 0.5) is 5.82 Å². The number of anilines is 1. The highest BCUT2D eigenvalue weighted by Crippen LogP contribution is 2.32. The second kappa shape index (κ2) is 5.89. The molecule has 8 heteroatoms. The van der Waals surface area contributed by atoms with Gasteiger partial charge in [-0.05, 0) is 35.4 Å². The number of nitrogens with one attached hydrogen (secondary N) is 1. The number of halogens is 2. The Balaban J connectivity index is 1.80. The second-order valence-corrected chi connectivity index (χ2v) is 7.13. The fourth-order valence-corrected chi connectivity index (χ4v) is 4.57. The Morgan fingerprint density at radius 1 is 1.30 bits per heavy atom. The number of fused-ring (bicyclic) bond motifs is 1. The van der Waals surface area contributed by atoms with Crippen molar-refractivity contribution in [1.82, 2.24) is 9.97 Å². The van der Waals surface area contributed by atoms with E-state index >= 15 is 0 Å². The maximum absolute atomic E-state index is 12.2. The summed E-state index contributed by atoms with van der Waals surface area (Å²) in [4.78, 5) is 21.8. The number of nitrogens with zero attached hydrogens (tertiary/aromatic N) is 2. The van der Waals surface area contributed by atoms with Gasteiger partial charge in [0.05, 0.1) is 4.88 Å². The second-order valence-electron chi connectivity index (χ2n) is 4.16. The zero-order valence-electron chi connectivity index (χ0n) is 10.2. The molecule has 2 aromatic heterocycles. The number of hydrogen-bond acceptors (Lipinski definition) is 5. The van der Waals surface area contributed by atoms with Gasteiger partial charge in [-0.3, -0.25) is 4.79 Å². The summed E-state index contributed by atoms with van der Waals surface area (Å²) in [6, 6.07) is 3.42. The van der Waals surface area contributed by atoms with Crippen LogP contribution in [-0.4, -0.2) is 21.6 Å². The minimum atomic E-state index is -0.194. The zero-order chi connectivity index (χ0) is 14.1. The van der Waals surface area contributed by atoms with Gasteiger partial charge in [0.2, 0.25) is 5.28 Å². The van der Waals surface area contributed by atoms with Gasteiger partial charge in [0.1, 0.15) is 11.0 Å². The van der Waals surface area contributed by atoms with Gasteiger partial charge in [-0.2, -0.15) is 11.8 Å². The van der Waals surface area contributed by atoms with E-state index in [1.54, 1.807) is 0 Å². The summed E-state index contributed by atoms with van der Waals surface area (Å²) in [6.07, 6.45) is 1.03. The van der Waals surface area contributed by atoms with Crippen molar-refractivity contribution in [3.63, 3.8) is 0 Å². The first kappa shape index (κ1) is 14.1. The van der Waals surface area contributed by atoms with E-state index in [9.17, 15) is 4.79 Å². The van der Waals surface area contributed by atoms with Gasteiger partial charge in [-0.1, -0.05) is 11.6 Å². The highest BCUT2D eigenvalue weighted by atomic mass is 35.5. The van der Waals surface area contributed by atoms with Gasteiger partial charge < -0.3 is 5.32 Å². The Morgan fingerprint density at radius 3 is 2.90 bits per heavy atom. The van der Waals surface area contributed by atoms with Gasteiger partial charge in [0.25, 0.3) is 5.91 Å². The number of rotatable bonds is 2. The van der Waals surface area contributed by atoms with Crippen molar-refractivity contribution >= 4 is 58.0 Å². The number of aromatic nitrogens is 2. The molecular formula is C12H9Cl2N3OS2. The van der Waals surface area contributed by atoms with Crippen molar-refractivity contribution < 1.29 is 4.79 Å². The molecule has 0 aromatic carbocycles. The van der Waals surface area contributed by atoms with Gasteiger partial charge in [-0.25, -0.2) is 9.97 Å². The average molecular weight is 346 g/mol. The molecule has 0 atom stereocenters. The predicted molar refractivity (Wildman–Crippen MR) is 84.2 cm³/mol. The van der Waals surface area contributed by atoms with Crippen LogP contribution in [0, 0.1) is 0 Å². The molecule has 3 rings (SSSR count). The summed E-state index contributed by atoms with van der Waals surface area (Å²) in [5.74, 6) is 2.21. The maximum Gasteiger partial charge on any atom is 0.266 e. The van der Waals surface area contributed by atoms with Crippen LogP contribution >= 0.6 is 46.3 Å². The number of amides is 1. The first-order valence-electron chi connectivity index (χ1n) is 5.82. The molecule has 0 unspecified atom stereocenters. The smallest absolute Gasteiger partial charge is 0.266 e. The van der Waals surface area contributed by atoms with Crippen LogP contribution in [0.25, 0.3) is 0 Å².